The Balaban J connectivity index is 2.91. The van der Waals surface area contributed by atoms with Gasteiger partial charge in [0.15, 0.2) is 0 Å². The zero-order valence-electron chi connectivity index (χ0n) is 22.8. The average Bonchev–Trinajstić information content (AvgIpc) is 2.85. The molecule has 0 aliphatic heterocycles. The molecule has 39 heavy (non-hydrogen) atoms. The second kappa shape index (κ2) is 17.8. The van der Waals surface area contributed by atoms with Gasteiger partial charge in [-0.15, -0.1) is 0 Å². The third kappa shape index (κ3) is 13.3. The molecule has 9 nitrogen and oxygen atoms in total. The first-order valence-electron chi connectivity index (χ1n) is 13.0. The summed E-state index contributed by atoms with van der Waals surface area (Å²) >= 11 is 12.1. The Hall–Kier alpha value is -2.71. The summed E-state index contributed by atoms with van der Waals surface area (Å²) in [6, 6.07) is 5.20. The van der Waals surface area contributed by atoms with Crippen molar-refractivity contribution in [3.05, 3.63) is 45.5 Å². The van der Waals surface area contributed by atoms with Gasteiger partial charge in [0.1, 0.15) is 17.7 Å². The van der Waals surface area contributed by atoms with Crippen LogP contribution in [0.3, 0.4) is 0 Å². The minimum absolute atomic E-state index is 0.0120. The molecule has 0 fully saturated rings. The van der Waals surface area contributed by atoms with E-state index >= 15 is 0 Å². The van der Waals surface area contributed by atoms with E-state index in [0.717, 1.165) is 6.42 Å². The van der Waals surface area contributed by atoms with Crippen LogP contribution >= 0.6 is 23.2 Å². The summed E-state index contributed by atoms with van der Waals surface area (Å²) in [4.78, 5) is 42.1. The lowest BCUT2D eigenvalue weighted by Crippen LogP contribution is -2.41. The Morgan fingerprint density at radius 2 is 1.79 bits per heavy atom. The number of hydrogen-bond acceptors (Lipinski definition) is 6. The lowest BCUT2D eigenvalue weighted by atomic mass is 9.78. The molecule has 0 saturated carbocycles. The Morgan fingerprint density at radius 3 is 2.38 bits per heavy atom. The Bertz CT molecular complexity index is 1100. The molecule has 1 aromatic carbocycles. The minimum atomic E-state index is -1.91. The van der Waals surface area contributed by atoms with E-state index in [1.54, 1.807) is 6.08 Å². The highest BCUT2D eigenvalue weighted by atomic mass is 35.5. The molecule has 1 atom stereocenters. The number of nitrogens with one attached hydrogen (secondary N) is 2. The maximum absolute atomic E-state index is 13.0. The SMILES string of the molecule is CC(C)CC/C=C(\C#N)C(=O)NCCCC[C@H](NC(=O)c1cc(Cl)ccc1Cl)C(=O)/N=C(\CC(C)C)B(O)O. The molecule has 0 heterocycles. The predicted octanol–water partition coefficient (Wildman–Crippen LogP) is 4.29. The van der Waals surface area contributed by atoms with Crippen LogP contribution in [0, 0.1) is 23.2 Å². The van der Waals surface area contributed by atoms with Crippen LogP contribution in [0.25, 0.3) is 0 Å². The van der Waals surface area contributed by atoms with Gasteiger partial charge in [-0.1, -0.05) is 57.0 Å². The van der Waals surface area contributed by atoms with Gasteiger partial charge < -0.3 is 20.7 Å². The Morgan fingerprint density at radius 1 is 1.10 bits per heavy atom. The van der Waals surface area contributed by atoms with E-state index in [9.17, 15) is 29.7 Å². The number of halogens is 2. The van der Waals surface area contributed by atoms with Crippen LogP contribution in [-0.2, 0) is 9.59 Å². The number of nitriles is 1. The summed E-state index contributed by atoms with van der Waals surface area (Å²) in [5, 5.41) is 34.3. The fourth-order valence-corrected chi connectivity index (χ4v) is 3.91. The molecule has 4 N–H and O–H groups in total. The number of nitrogens with zero attached hydrogens (tertiary/aromatic N) is 2. The van der Waals surface area contributed by atoms with E-state index in [1.807, 2.05) is 19.9 Å². The van der Waals surface area contributed by atoms with Crippen LogP contribution in [0.2, 0.25) is 10.0 Å². The molecule has 0 unspecified atom stereocenters. The highest BCUT2D eigenvalue weighted by Crippen LogP contribution is 2.21. The summed E-state index contributed by atoms with van der Waals surface area (Å²) < 4.78 is 0. The smallest absolute Gasteiger partial charge is 0.422 e. The van der Waals surface area contributed by atoms with E-state index in [-0.39, 0.29) is 47.1 Å². The molecule has 0 spiro atoms. The predicted molar refractivity (Wildman–Crippen MR) is 154 cm³/mol. The lowest BCUT2D eigenvalue weighted by molar-refractivity contribution is -0.120. The molecule has 1 aromatic rings. The van der Waals surface area contributed by atoms with Gasteiger partial charge in [0, 0.05) is 11.6 Å². The van der Waals surface area contributed by atoms with E-state index < -0.39 is 30.9 Å². The van der Waals surface area contributed by atoms with Crippen LogP contribution in [-0.4, -0.2) is 53.1 Å². The van der Waals surface area contributed by atoms with Gasteiger partial charge in [0.25, 0.3) is 17.7 Å². The number of rotatable bonds is 15. The van der Waals surface area contributed by atoms with Gasteiger partial charge in [0.05, 0.1) is 16.2 Å². The van der Waals surface area contributed by atoms with Crippen molar-refractivity contribution in [2.45, 2.75) is 72.3 Å². The number of unbranched alkanes of at least 4 members (excludes halogenated alkanes) is 1. The van der Waals surface area contributed by atoms with Gasteiger partial charge >= 0.3 is 7.12 Å². The topological polar surface area (TPSA) is 152 Å². The highest BCUT2D eigenvalue weighted by Gasteiger charge is 2.26. The quantitative estimate of drug-likeness (QED) is 0.0800. The fourth-order valence-electron chi connectivity index (χ4n) is 3.53. The molecular formula is C27H37BCl2N4O5. The maximum Gasteiger partial charge on any atom is 0.503 e. The zero-order valence-corrected chi connectivity index (χ0v) is 24.3. The normalized spacial score (nSPS) is 12.7. The number of aliphatic imine (C=N–C) groups is 1. The highest BCUT2D eigenvalue weighted by molar-refractivity contribution is 6.80. The molecule has 0 aromatic heterocycles. The summed E-state index contributed by atoms with van der Waals surface area (Å²) in [5.74, 6) is -1.36. The van der Waals surface area contributed by atoms with Crippen LogP contribution in [0.5, 0.6) is 0 Å². The first-order valence-corrected chi connectivity index (χ1v) is 13.7. The molecule has 3 amide bonds. The third-order valence-corrected chi connectivity index (χ3v) is 6.17. The van der Waals surface area contributed by atoms with Crippen molar-refractivity contribution in [1.82, 2.24) is 10.6 Å². The molecule has 12 heteroatoms. The molecular weight excluding hydrogens is 542 g/mol. The lowest BCUT2D eigenvalue weighted by Gasteiger charge is -2.17. The first-order chi connectivity index (χ1) is 18.3. The van der Waals surface area contributed by atoms with Crippen molar-refractivity contribution in [2.24, 2.45) is 16.8 Å². The second-order valence-corrected chi connectivity index (χ2v) is 10.9. The van der Waals surface area contributed by atoms with Gasteiger partial charge in [0.2, 0.25) is 0 Å². The number of hydrogen-bond donors (Lipinski definition) is 4. The third-order valence-electron chi connectivity index (χ3n) is 5.61. The van der Waals surface area contributed by atoms with Crippen molar-refractivity contribution < 1.29 is 24.4 Å². The van der Waals surface area contributed by atoms with Gasteiger partial charge in [-0.2, -0.15) is 5.26 Å². The molecule has 0 bridgehead atoms. The van der Waals surface area contributed by atoms with Crippen molar-refractivity contribution in [3.63, 3.8) is 0 Å². The fraction of sp³-hybridized carbons (Fsp3) is 0.519. The van der Waals surface area contributed by atoms with Crippen LogP contribution in [0.15, 0.2) is 34.8 Å². The van der Waals surface area contributed by atoms with Gasteiger partial charge in [-0.3, -0.25) is 14.4 Å². The van der Waals surface area contributed by atoms with E-state index in [1.165, 1.54) is 18.2 Å². The largest absolute Gasteiger partial charge is 0.503 e. The average molecular weight is 579 g/mol. The molecule has 0 aliphatic carbocycles. The maximum atomic E-state index is 13.0. The monoisotopic (exact) mass is 578 g/mol. The second-order valence-electron chi connectivity index (χ2n) is 10.0. The molecule has 0 aliphatic rings. The first kappa shape index (κ1) is 34.3. The standard InChI is InChI=1S/C27H37BCl2N4O5/c1-17(2)8-7-9-19(16-31)25(35)32-13-6-5-10-23(27(37)34-24(28(38)39)14-18(3)4)33-26(36)21-15-20(29)11-12-22(21)30/h9,11-12,15,17-18,23,38-39H,5-8,10,13-14H2,1-4H3,(H,32,35)(H,33,36)/b19-9+,34-24+/t23-/m0/s1. The van der Waals surface area contributed by atoms with Crippen molar-refractivity contribution >= 4 is 53.7 Å². The minimum Gasteiger partial charge on any atom is -0.422 e. The number of amides is 3. The molecule has 0 saturated heterocycles. The summed E-state index contributed by atoms with van der Waals surface area (Å²) in [7, 11) is -1.91. The van der Waals surface area contributed by atoms with Crippen molar-refractivity contribution in [2.75, 3.05) is 6.54 Å². The van der Waals surface area contributed by atoms with E-state index in [0.29, 0.717) is 30.2 Å². The van der Waals surface area contributed by atoms with Gasteiger partial charge in [-0.25, -0.2) is 4.99 Å². The molecule has 0 radical (unpaired) electrons. The zero-order chi connectivity index (χ0) is 29.5. The van der Waals surface area contributed by atoms with Gasteiger partial charge in [-0.05, 0) is 68.6 Å². The van der Waals surface area contributed by atoms with Crippen molar-refractivity contribution in [1.29, 1.82) is 5.26 Å². The van der Waals surface area contributed by atoms with E-state index in [4.69, 9.17) is 23.2 Å². The number of benzene rings is 1. The number of carbonyl (C=O) groups excluding carboxylic acids is 3. The molecule has 1 rings (SSSR count). The summed E-state index contributed by atoms with van der Waals surface area (Å²) in [6.45, 7) is 8.07. The van der Waals surface area contributed by atoms with E-state index in [2.05, 4.69) is 29.5 Å². The molecule has 212 valence electrons. The number of carbonyl (C=O) groups is 3. The Labute approximate surface area is 240 Å². The van der Waals surface area contributed by atoms with Crippen molar-refractivity contribution in [3.8, 4) is 6.07 Å². The number of allylic oxidation sites excluding steroid dienone is 1. The van der Waals surface area contributed by atoms with Crippen LogP contribution in [0.4, 0.5) is 0 Å². The van der Waals surface area contributed by atoms with Crippen LogP contribution in [0.1, 0.15) is 76.6 Å². The van der Waals surface area contributed by atoms with Crippen LogP contribution < -0.4 is 10.6 Å². The summed E-state index contributed by atoms with van der Waals surface area (Å²) in [6.07, 6.45) is 4.35. The Kier molecular flexibility index (Phi) is 15.7. The summed E-state index contributed by atoms with van der Waals surface area (Å²) in [5.41, 5.74) is 0.0376.